The van der Waals surface area contributed by atoms with E-state index in [4.69, 9.17) is 0 Å². The summed E-state index contributed by atoms with van der Waals surface area (Å²) in [5.74, 6) is 0.0309. The fraction of sp³-hybridized carbons (Fsp3) is 0.385. The maximum atomic E-state index is 11.2. The van der Waals surface area contributed by atoms with E-state index in [0.29, 0.717) is 0 Å². The number of Topliss-reactive ketones (excluding diaryl/α,β-unsaturated/α-hetero) is 1. The zero-order valence-electron chi connectivity index (χ0n) is 9.67. The van der Waals surface area contributed by atoms with Gasteiger partial charge in [0.25, 0.3) is 0 Å². The molecule has 16 heavy (non-hydrogen) atoms. The molecule has 2 nitrogen and oxygen atoms in total. The Kier molecular flexibility index (Phi) is 3.88. The number of halogens is 1. The first-order chi connectivity index (χ1) is 7.40. The second-order valence-corrected chi connectivity index (χ2v) is 5.09. The first kappa shape index (κ1) is 12.9. The molecule has 1 unspecified atom stereocenters. The summed E-state index contributed by atoms with van der Waals surface area (Å²) in [4.78, 5) is 11.2. The van der Waals surface area contributed by atoms with Gasteiger partial charge in [0, 0.05) is 10.9 Å². The molecule has 1 aromatic rings. The van der Waals surface area contributed by atoms with Crippen molar-refractivity contribution in [2.45, 2.75) is 32.6 Å². The highest BCUT2D eigenvalue weighted by Crippen LogP contribution is 2.32. The van der Waals surface area contributed by atoms with Crippen LogP contribution >= 0.6 is 15.9 Å². The van der Waals surface area contributed by atoms with Crippen LogP contribution in [0.5, 0.6) is 0 Å². The van der Waals surface area contributed by atoms with Crippen molar-refractivity contribution in [3.63, 3.8) is 0 Å². The van der Waals surface area contributed by atoms with Gasteiger partial charge >= 0.3 is 0 Å². The molecular weight excluding hydrogens is 266 g/mol. The zero-order chi connectivity index (χ0) is 12.3. The maximum absolute atomic E-state index is 11.2. The fourth-order valence-electron chi connectivity index (χ4n) is 1.90. The van der Waals surface area contributed by atoms with Gasteiger partial charge in [-0.15, -0.1) is 0 Å². The summed E-state index contributed by atoms with van der Waals surface area (Å²) in [6.45, 7) is 5.28. The number of ketones is 1. The van der Waals surface area contributed by atoms with Crippen molar-refractivity contribution in [2.75, 3.05) is 0 Å². The lowest BCUT2D eigenvalue weighted by molar-refractivity contribution is -0.117. The molecule has 1 atom stereocenters. The number of hydrogen-bond acceptors (Lipinski definition) is 2. The standard InChI is InChI=1S/C13H14BrNO/c1-9(16)7-13(3,8-15)11-5-4-6-12(14)10(11)2/h4-6H,7H2,1-3H3. The van der Waals surface area contributed by atoms with E-state index >= 15 is 0 Å². The second-order valence-electron chi connectivity index (χ2n) is 4.24. The largest absolute Gasteiger partial charge is 0.300 e. The van der Waals surface area contributed by atoms with Gasteiger partial charge in [0.15, 0.2) is 0 Å². The Morgan fingerprint density at radius 1 is 1.56 bits per heavy atom. The van der Waals surface area contributed by atoms with Crippen LogP contribution in [-0.2, 0) is 10.2 Å². The van der Waals surface area contributed by atoms with Crippen molar-refractivity contribution in [1.29, 1.82) is 5.26 Å². The Bertz CT molecular complexity index is 461. The third-order valence-corrected chi connectivity index (χ3v) is 3.57. The molecule has 0 N–H and O–H groups in total. The second kappa shape index (κ2) is 4.80. The average molecular weight is 280 g/mol. The maximum Gasteiger partial charge on any atom is 0.131 e. The van der Waals surface area contributed by atoms with Gasteiger partial charge in [-0.3, -0.25) is 4.79 Å². The van der Waals surface area contributed by atoms with Crippen LogP contribution in [0.1, 0.15) is 31.4 Å². The monoisotopic (exact) mass is 279 g/mol. The first-order valence-electron chi connectivity index (χ1n) is 5.07. The molecule has 0 aliphatic carbocycles. The highest BCUT2D eigenvalue weighted by Gasteiger charge is 2.30. The van der Waals surface area contributed by atoms with Crippen molar-refractivity contribution in [3.8, 4) is 6.07 Å². The van der Waals surface area contributed by atoms with Crippen molar-refractivity contribution in [2.24, 2.45) is 0 Å². The molecule has 0 saturated carbocycles. The summed E-state index contributed by atoms with van der Waals surface area (Å²) in [6, 6.07) is 7.99. The lowest BCUT2D eigenvalue weighted by Gasteiger charge is -2.23. The Morgan fingerprint density at radius 3 is 2.69 bits per heavy atom. The third kappa shape index (κ3) is 2.51. The van der Waals surface area contributed by atoms with Gasteiger partial charge in [-0.1, -0.05) is 28.1 Å². The average Bonchev–Trinajstić information content (AvgIpc) is 2.21. The Balaban J connectivity index is 3.29. The molecule has 0 bridgehead atoms. The highest BCUT2D eigenvalue weighted by molar-refractivity contribution is 9.10. The molecule has 1 rings (SSSR count). The summed E-state index contributed by atoms with van der Waals surface area (Å²) < 4.78 is 0.968. The molecule has 0 fully saturated rings. The van der Waals surface area contributed by atoms with Crippen LogP contribution in [-0.4, -0.2) is 5.78 Å². The van der Waals surface area contributed by atoms with Crippen LogP contribution in [0.4, 0.5) is 0 Å². The molecule has 0 spiro atoms. The van der Waals surface area contributed by atoms with Gasteiger partial charge in [-0.2, -0.15) is 5.26 Å². The lowest BCUT2D eigenvalue weighted by Crippen LogP contribution is -2.24. The summed E-state index contributed by atoms with van der Waals surface area (Å²) in [5.41, 5.74) is 1.20. The van der Waals surface area contributed by atoms with Crippen LogP contribution in [0, 0.1) is 18.3 Å². The number of nitriles is 1. The number of benzene rings is 1. The molecule has 0 heterocycles. The van der Waals surface area contributed by atoms with Crippen molar-refractivity contribution >= 4 is 21.7 Å². The van der Waals surface area contributed by atoms with E-state index in [9.17, 15) is 10.1 Å². The number of hydrogen-bond donors (Lipinski definition) is 0. The summed E-state index contributed by atoms with van der Waals surface area (Å²) >= 11 is 3.44. The Labute approximate surface area is 104 Å². The quantitative estimate of drug-likeness (QED) is 0.850. The summed E-state index contributed by atoms with van der Waals surface area (Å²) in [5, 5.41) is 9.29. The Hall–Kier alpha value is -1.14. The predicted octanol–water partition coefficient (Wildman–Crippen LogP) is 3.52. The molecule has 0 saturated heterocycles. The van der Waals surface area contributed by atoms with E-state index < -0.39 is 5.41 Å². The number of carbonyl (C=O) groups is 1. The molecule has 0 aliphatic heterocycles. The first-order valence-corrected chi connectivity index (χ1v) is 5.86. The lowest BCUT2D eigenvalue weighted by atomic mass is 9.78. The predicted molar refractivity (Wildman–Crippen MR) is 67.1 cm³/mol. The van der Waals surface area contributed by atoms with Gasteiger partial charge in [0.1, 0.15) is 5.78 Å². The minimum absolute atomic E-state index is 0.0309. The van der Waals surface area contributed by atoms with Gasteiger partial charge in [-0.05, 0) is 38.0 Å². The SMILES string of the molecule is CC(=O)CC(C)(C#N)c1cccc(Br)c1C. The van der Waals surface area contributed by atoms with Crippen LogP contribution in [0.2, 0.25) is 0 Å². The molecular formula is C13H14BrNO. The summed E-state index contributed by atoms with van der Waals surface area (Å²) in [6.07, 6.45) is 0.251. The van der Waals surface area contributed by atoms with Crippen molar-refractivity contribution in [1.82, 2.24) is 0 Å². The molecule has 3 heteroatoms. The van der Waals surface area contributed by atoms with Gasteiger partial charge in [0.05, 0.1) is 11.5 Å². The van der Waals surface area contributed by atoms with Crippen molar-refractivity contribution < 1.29 is 4.79 Å². The number of nitrogens with zero attached hydrogens (tertiary/aromatic N) is 1. The molecule has 0 radical (unpaired) electrons. The van der Waals surface area contributed by atoms with Gasteiger partial charge in [0.2, 0.25) is 0 Å². The Morgan fingerprint density at radius 2 is 2.19 bits per heavy atom. The van der Waals surface area contributed by atoms with E-state index in [1.165, 1.54) is 6.92 Å². The molecule has 0 aromatic heterocycles. The number of carbonyl (C=O) groups excluding carboxylic acids is 1. The van der Waals surface area contributed by atoms with Crippen molar-refractivity contribution in [3.05, 3.63) is 33.8 Å². The smallest absolute Gasteiger partial charge is 0.131 e. The molecule has 0 aliphatic rings. The molecule has 84 valence electrons. The molecule has 1 aromatic carbocycles. The van der Waals surface area contributed by atoms with E-state index in [1.807, 2.05) is 32.0 Å². The third-order valence-electron chi connectivity index (χ3n) is 2.71. The van der Waals surface area contributed by atoms with E-state index in [-0.39, 0.29) is 12.2 Å². The van der Waals surface area contributed by atoms with Crippen LogP contribution in [0.25, 0.3) is 0 Å². The minimum atomic E-state index is -0.736. The summed E-state index contributed by atoms with van der Waals surface area (Å²) in [7, 11) is 0. The van der Waals surface area contributed by atoms with E-state index in [1.54, 1.807) is 0 Å². The van der Waals surface area contributed by atoms with Gasteiger partial charge < -0.3 is 0 Å². The molecule has 0 amide bonds. The van der Waals surface area contributed by atoms with Crippen LogP contribution < -0.4 is 0 Å². The normalized spacial score (nSPS) is 13.9. The van der Waals surface area contributed by atoms with Gasteiger partial charge in [-0.25, -0.2) is 0 Å². The topological polar surface area (TPSA) is 40.9 Å². The zero-order valence-corrected chi connectivity index (χ0v) is 11.3. The highest BCUT2D eigenvalue weighted by atomic mass is 79.9. The number of rotatable bonds is 3. The minimum Gasteiger partial charge on any atom is -0.300 e. The van der Waals surface area contributed by atoms with E-state index in [2.05, 4.69) is 22.0 Å². The van der Waals surface area contributed by atoms with Crippen LogP contribution in [0.3, 0.4) is 0 Å². The fourth-order valence-corrected chi connectivity index (χ4v) is 2.26. The van der Waals surface area contributed by atoms with E-state index in [0.717, 1.165) is 15.6 Å². The van der Waals surface area contributed by atoms with Crippen LogP contribution in [0.15, 0.2) is 22.7 Å².